The second-order valence-electron chi connectivity index (χ2n) is 4.19. The number of carbonyl (C=O) groups excluding carboxylic acids is 1. The standard InChI is InChI=1S/C11H23N3O/c1-2-3-8-14(10-4-5-10)9-11(15)13-7-6-12/h10H,2-9,12H2,1H3,(H,13,15). The Kier molecular flexibility index (Phi) is 5.65. The zero-order valence-electron chi connectivity index (χ0n) is 9.67. The minimum Gasteiger partial charge on any atom is -0.354 e. The van der Waals surface area contributed by atoms with Gasteiger partial charge in [-0.25, -0.2) is 0 Å². The summed E-state index contributed by atoms with van der Waals surface area (Å²) in [6.07, 6.45) is 4.88. The molecule has 0 unspecified atom stereocenters. The van der Waals surface area contributed by atoms with Crippen molar-refractivity contribution < 1.29 is 4.79 Å². The van der Waals surface area contributed by atoms with Gasteiger partial charge >= 0.3 is 0 Å². The van der Waals surface area contributed by atoms with Crippen molar-refractivity contribution in [3.05, 3.63) is 0 Å². The van der Waals surface area contributed by atoms with E-state index in [1.54, 1.807) is 0 Å². The molecule has 0 aliphatic heterocycles. The molecule has 1 amide bonds. The van der Waals surface area contributed by atoms with Gasteiger partial charge in [0, 0.05) is 19.1 Å². The van der Waals surface area contributed by atoms with E-state index in [0.717, 1.165) is 6.54 Å². The summed E-state index contributed by atoms with van der Waals surface area (Å²) in [4.78, 5) is 13.8. The third kappa shape index (κ3) is 5.14. The van der Waals surface area contributed by atoms with Crippen LogP contribution in [0.15, 0.2) is 0 Å². The molecule has 1 aliphatic carbocycles. The number of nitrogens with zero attached hydrogens (tertiary/aromatic N) is 1. The van der Waals surface area contributed by atoms with Gasteiger partial charge in [-0.3, -0.25) is 9.69 Å². The molecule has 0 aromatic heterocycles. The van der Waals surface area contributed by atoms with Crippen LogP contribution < -0.4 is 11.1 Å². The molecule has 1 rings (SSSR count). The van der Waals surface area contributed by atoms with Crippen LogP contribution in [0.4, 0.5) is 0 Å². The number of rotatable bonds is 8. The van der Waals surface area contributed by atoms with Gasteiger partial charge < -0.3 is 11.1 Å². The highest BCUT2D eigenvalue weighted by Gasteiger charge is 2.29. The van der Waals surface area contributed by atoms with Crippen LogP contribution in [0.1, 0.15) is 32.6 Å². The first kappa shape index (κ1) is 12.5. The fourth-order valence-electron chi connectivity index (χ4n) is 1.64. The molecule has 0 saturated heterocycles. The van der Waals surface area contributed by atoms with E-state index in [1.165, 1.54) is 25.7 Å². The molecule has 0 spiro atoms. The SMILES string of the molecule is CCCCN(CC(=O)NCCN)C1CC1. The van der Waals surface area contributed by atoms with Gasteiger partial charge in [0.15, 0.2) is 0 Å². The van der Waals surface area contributed by atoms with Crippen molar-refractivity contribution >= 4 is 5.91 Å². The first-order valence-corrected chi connectivity index (χ1v) is 5.98. The number of nitrogens with two attached hydrogens (primary N) is 1. The molecule has 0 bridgehead atoms. The van der Waals surface area contributed by atoms with Crippen LogP contribution in [0.3, 0.4) is 0 Å². The Morgan fingerprint density at radius 3 is 2.80 bits per heavy atom. The maximum atomic E-state index is 11.5. The smallest absolute Gasteiger partial charge is 0.234 e. The van der Waals surface area contributed by atoms with Crippen LogP contribution in [0.5, 0.6) is 0 Å². The summed E-state index contributed by atoms with van der Waals surface area (Å²) in [6, 6.07) is 0.667. The van der Waals surface area contributed by atoms with Crippen molar-refractivity contribution in [2.24, 2.45) is 5.73 Å². The van der Waals surface area contributed by atoms with Crippen molar-refractivity contribution in [3.8, 4) is 0 Å². The van der Waals surface area contributed by atoms with E-state index < -0.39 is 0 Å². The van der Waals surface area contributed by atoms with E-state index >= 15 is 0 Å². The molecule has 0 aromatic carbocycles. The van der Waals surface area contributed by atoms with Crippen molar-refractivity contribution in [2.45, 2.75) is 38.6 Å². The highest BCUT2D eigenvalue weighted by molar-refractivity contribution is 5.78. The lowest BCUT2D eigenvalue weighted by atomic mass is 10.3. The monoisotopic (exact) mass is 213 g/mol. The zero-order chi connectivity index (χ0) is 11.1. The van der Waals surface area contributed by atoms with Crippen LogP contribution in [0.25, 0.3) is 0 Å². The van der Waals surface area contributed by atoms with E-state index in [9.17, 15) is 4.79 Å². The summed E-state index contributed by atoms with van der Waals surface area (Å²) >= 11 is 0. The quantitative estimate of drug-likeness (QED) is 0.611. The lowest BCUT2D eigenvalue weighted by Gasteiger charge is -2.20. The Balaban J connectivity index is 2.20. The first-order chi connectivity index (χ1) is 7.27. The Morgan fingerprint density at radius 1 is 1.53 bits per heavy atom. The second-order valence-corrected chi connectivity index (χ2v) is 4.19. The van der Waals surface area contributed by atoms with E-state index in [1.807, 2.05) is 0 Å². The number of unbranched alkanes of at least 4 members (excludes halogenated alkanes) is 1. The normalized spacial score (nSPS) is 15.7. The summed E-state index contributed by atoms with van der Waals surface area (Å²) in [6.45, 7) is 4.89. The molecule has 1 saturated carbocycles. The zero-order valence-corrected chi connectivity index (χ0v) is 9.67. The Morgan fingerprint density at radius 2 is 2.27 bits per heavy atom. The summed E-state index contributed by atoms with van der Waals surface area (Å²) in [7, 11) is 0. The van der Waals surface area contributed by atoms with E-state index in [0.29, 0.717) is 25.7 Å². The molecule has 4 heteroatoms. The summed E-state index contributed by atoms with van der Waals surface area (Å²) in [5, 5.41) is 2.82. The number of hydrogen-bond acceptors (Lipinski definition) is 3. The maximum absolute atomic E-state index is 11.5. The predicted molar refractivity (Wildman–Crippen MR) is 61.6 cm³/mol. The van der Waals surface area contributed by atoms with Crippen molar-refractivity contribution in [2.75, 3.05) is 26.2 Å². The van der Waals surface area contributed by atoms with Gasteiger partial charge in [0.1, 0.15) is 0 Å². The predicted octanol–water partition coefficient (Wildman–Crippen LogP) is 0.326. The van der Waals surface area contributed by atoms with Gasteiger partial charge in [0.2, 0.25) is 5.91 Å². The van der Waals surface area contributed by atoms with Gasteiger partial charge in [-0.05, 0) is 25.8 Å². The van der Waals surface area contributed by atoms with E-state index in [-0.39, 0.29) is 5.91 Å². The van der Waals surface area contributed by atoms with Gasteiger partial charge in [-0.2, -0.15) is 0 Å². The molecule has 88 valence electrons. The molecule has 4 nitrogen and oxygen atoms in total. The largest absolute Gasteiger partial charge is 0.354 e. The van der Waals surface area contributed by atoms with Crippen molar-refractivity contribution in [1.29, 1.82) is 0 Å². The molecular weight excluding hydrogens is 190 g/mol. The molecule has 3 N–H and O–H groups in total. The van der Waals surface area contributed by atoms with E-state index in [2.05, 4.69) is 17.1 Å². The molecule has 0 heterocycles. The van der Waals surface area contributed by atoms with Gasteiger partial charge in [0.05, 0.1) is 6.54 Å². The van der Waals surface area contributed by atoms with Crippen LogP contribution in [0.2, 0.25) is 0 Å². The first-order valence-electron chi connectivity index (χ1n) is 5.98. The third-order valence-corrected chi connectivity index (χ3v) is 2.68. The van der Waals surface area contributed by atoms with Crippen molar-refractivity contribution in [1.82, 2.24) is 10.2 Å². The van der Waals surface area contributed by atoms with Gasteiger partial charge in [0.25, 0.3) is 0 Å². The average Bonchev–Trinajstić information content (AvgIpc) is 3.04. The minimum atomic E-state index is 0.114. The van der Waals surface area contributed by atoms with E-state index in [4.69, 9.17) is 5.73 Å². The van der Waals surface area contributed by atoms with Gasteiger partial charge in [-0.15, -0.1) is 0 Å². The summed E-state index contributed by atoms with van der Waals surface area (Å²) < 4.78 is 0. The fourth-order valence-corrected chi connectivity index (χ4v) is 1.64. The number of carbonyl (C=O) groups is 1. The highest BCUT2D eigenvalue weighted by atomic mass is 16.2. The Hall–Kier alpha value is -0.610. The maximum Gasteiger partial charge on any atom is 0.234 e. The molecule has 1 fully saturated rings. The van der Waals surface area contributed by atoms with Crippen LogP contribution in [-0.2, 0) is 4.79 Å². The van der Waals surface area contributed by atoms with Gasteiger partial charge in [-0.1, -0.05) is 13.3 Å². The highest BCUT2D eigenvalue weighted by Crippen LogP contribution is 2.26. The molecule has 0 aromatic rings. The molecule has 1 aliphatic rings. The molecule has 0 atom stereocenters. The fraction of sp³-hybridized carbons (Fsp3) is 0.909. The number of hydrogen-bond donors (Lipinski definition) is 2. The summed E-state index contributed by atoms with van der Waals surface area (Å²) in [5.74, 6) is 0.114. The van der Waals surface area contributed by atoms with Crippen molar-refractivity contribution in [3.63, 3.8) is 0 Å². The topological polar surface area (TPSA) is 58.4 Å². The Labute approximate surface area is 92.2 Å². The second kappa shape index (κ2) is 6.80. The van der Waals surface area contributed by atoms with Crippen LogP contribution in [-0.4, -0.2) is 43.0 Å². The number of nitrogens with one attached hydrogen (secondary N) is 1. The minimum absolute atomic E-state index is 0.114. The van der Waals surface area contributed by atoms with Crippen LogP contribution in [0, 0.1) is 0 Å². The third-order valence-electron chi connectivity index (χ3n) is 2.68. The molecule has 15 heavy (non-hydrogen) atoms. The average molecular weight is 213 g/mol. The Bertz CT molecular complexity index is 192. The lowest BCUT2D eigenvalue weighted by molar-refractivity contribution is -0.122. The lowest BCUT2D eigenvalue weighted by Crippen LogP contribution is -2.40. The number of amides is 1. The van der Waals surface area contributed by atoms with Crippen LogP contribution >= 0.6 is 0 Å². The summed E-state index contributed by atoms with van der Waals surface area (Å²) in [5.41, 5.74) is 5.33. The molecule has 0 radical (unpaired) electrons. The molecular formula is C11H23N3O.